The maximum absolute atomic E-state index is 9.47. The summed E-state index contributed by atoms with van der Waals surface area (Å²) >= 11 is 0. The summed E-state index contributed by atoms with van der Waals surface area (Å²) in [6.45, 7) is 1.95. The minimum Gasteiger partial charge on any atom is -0.492 e. The van der Waals surface area contributed by atoms with Gasteiger partial charge in [0.15, 0.2) is 11.5 Å². The third-order valence-electron chi connectivity index (χ3n) is 7.87. The highest BCUT2D eigenvalue weighted by molar-refractivity contribution is 6.00. The Balaban J connectivity index is 1.45. The van der Waals surface area contributed by atoms with Crippen LogP contribution in [-0.4, -0.2) is 61.6 Å². The predicted octanol–water partition coefficient (Wildman–Crippen LogP) is 1.75. The van der Waals surface area contributed by atoms with Gasteiger partial charge in [-0.1, -0.05) is 11.6 Å². The number of methoxy groups -OCH3 is 1. The molecule has 0 aliphatic carbocycles. The molecule has 7 nitrogen and oxygen atoms in total. The number of benzene rings is 1. The van der Waals surface area contributed by atoms with Crippen molar-refractivity contribution in [3.8, 4) is 17.2 Å². The molecule has 1 aromatic carbocycles. The third-order valence-corrected chi connectivity index (χ3v) is 7.87. The van der Waals surface area contributed by atoms with Crippen LogP contribution in [0.1, 0.15) is 18.4 Å². The smallest absolute Gasteiger partial charge is 0.231 e. The van der Waals surface area contributed by atoms with E-state index >= 15 is 0 Å². The Hall–Kier alpha value is -2.25. The van der Waals surface area contributed by atoms with Crippen molar-refractivity contribution in [3.05, 3.63) is 23.3 Å². The van der Waals surface area contributed by atoms with Crippen molar-refractivity contribution in [2.75, 3.05) is 33.7 Å². The van der Waals surface area contributed by atoms with Crippen molar-refractivity contribution in [3.63, 3.8) is 0 Å². The Morgan fingerprint density at radius 3 is 3.18 bits per heavy atom. The molecule has 5 bridgehead atoms. The number of rotatable bonds is 2. The first-order chi connectivity index (χ1) is 13.8. The van der Waals surface area contributed by atoms with Crippen molar-refractivity contribution in [1.82, 2.24) is 4.90 Å². The van der Waals surface area contributed by atoms with Crippen LogP contribution in [0.4, 0.5) is 5.69 Å². The molecule has 7 heteroatoms. The number of piperidine rings is 3. The zero-order chi connectivity index (χ0) is 18.6. The van der Waals surface area contributed by atoms with Crippen LogP contribution in [0.25, 0.3) is 0 Å². The number of fused-ring (bicyclic) bond motifs is 3. The molecular formula is C21H22N2O5. The Morgan fingerprint density at radius 2 is 2.32 bits per heavy atom. The van der Waals surface area contributed by atoms with Gasteiger partial charge in [0, 0.05) is 36.2 Å². The Morgan fingerprint density at radius 1 is 1.39 bits per heavy atom. The molecule has 1 spiro atoms. The number of ether oxygens (including phenoxy) is 4. The summed E-state index contributed by atoms with van der Waals surface area (Å²) in [6.07, 6.45) is 4.09. The lowest BCUT2D eigenvalue weighted by molar-refractivity contribution is -0.0155. The van der Waals surface area contributed by atoms with Crippen molar-refractivity contribution in [2.45, 2.75) is 30.3 Å². The summed E-state index contributed by atoms with van der Waals surface area (Å²) in [7, 11) is 1.70. The van der Waals surface area contributed by atoms with Gasteiger partial charge in [0.05, 0.1) is 31.4 Å². The van der Waals surface area contributed by atoms with Gasteiger partial charge in [-0.3, -0.25) is 4.90 Å². The van der Waals surface area contributed by atoms with E-state index in [-0.39, 0.29) is 18.8 Å². The first-order valence-corrected chi connectivity index (χ1v) is 10.0. The first kappa shape index (κ1) is 15.6. The van der Waals surface area contributed by atoms with E-state index in [2.05, 4.69) is 4.90 Å². The van der Waals surface area contributed by atoms with E-state index in [1.165, 1.54) is 5.57 Å². The fourth-order valence-electron chi connectivity index (χ4n) is 6.92. The highest BCUT2D eigenvalue weighted by atomic mass is 16.7. The average Bonchev–Trinajstić information content (AvgIpc) is 3.31. The van der Waals surface area contributed by atoms with E-state index in [0.29, 0.717) is 42.0 Å². The Bertz CT molecular complexity index is 972. The highest BCUT2D eigenvalue weighted by Crippen LogP contribution is 2.66. The molecule has 5 fully saturated rings. The molecule has 6 atom stereocenters. The van der Waals surface area contributed by atoms with Gasteiger partial charge in [0.2, 0.25) is 18.4 Å². The van der Waals surface area contributed by atoms with Crippen molar-refractivity contribution < 1.29 is 24.1 Å². The summed E-state index contributed by atoms with van der Waals surface area (Å²) in [5.74, 6) is 3.92. The zero-order valence-electron chi connectivity index (χ0n) is 15.7. The second kappa shape index (κ2) is 5.02. The third kappa shape index (κ3) is 1.56. The van der Waals surface area contributed by atoms with E-state index in [4.69, 9.17) is 23.9 Å². The van der Waals surface area contributed by atoms with Gasteiger partial charge in [-0.05, 0) is 18.8 Å². The first-order valence-electron chi connectivity index (χ1n) is 10.0. The molecule has 7 aliphatic heterocycles. The fraction of sp³-hybridized carbons (Fsp3) is 0.571. The molecule has 8 rings (SSSR count). The number of nitrogens with zero attached hydrogens (tertiary/aromatic N) is 2. The lowest BCUT2D eigenvalue weighted by Gasteiger charge is -2.54. The SMILES string of the molecule is COc1c2c(cc3c1C14CC5C(COC1=N3)C1CC4N5CC1=CCO)OCO2. The van der Waals surface area contributed by atoms with Crippen molar-refractivity contribution in [2.24, 2.45) is 16.8 Å². The van der Waals surface area contributed by atoms with Crippen LogP contribution in [0, 0.1) is 11.8 Å². The second-order valence-corrected chi connectivity index (χ2v) is 8.66. The monoisotopic (exact) mass is 382 g/mol. The van der Waals surface area contributed by atoms with E-state index in [1.807, 2.05) is 12.1 Å². The number of aliphatic hydroxyl groups is 1. The van der Waals surface area contributed by atoms with Crippen LogP contribution in [0.3, 0.4) is 0 Å². The van der Waals surface area contributed by atoms with Gasteiger partial charge in [-0.15, -0.1) is 0 Å². The average molecular weight is 382 g/mol. The largest absolute Gasteiger partial charge is 0.492 e. The van der Waals surface area contributed by atoms with Crippen LogP contribution < -0.4 is 14.2 Å². The molecular weight excluding hydrogens is 360 g/mol. The number of hydrogen-bond donors (Lipinski definition) is 1. The normalized spacial score (nSPS) is 41.6. The lowest BCUT2D eigenvalue weighted by Crippen LogP contribution is -2.61. The summed E-state index contributed by atoms with van der Waals surface area (Å²) in [6, 6.07) is 2.79. The Labute approximate surface area is 162 Å². The van der Waals surface area contributed by atoms with E-state index in [9.17, 15) is 5.11 Å². The molecule has 0 saturated carbocycles. The molecule has 5 saturated heterocycles. The van der Waals surface area contributed by atoms with Gasteiger partial charge in [-0.2, -0.15) is 0 Å². The second-order valence-electron chi connectivity index (χ2n) is 8.66. The molecule has 146 valence electrons. The summed E-state index contributed by atoms with van der Waals surface area (Å²) < 4.78 is 23.6. The number of aliphatic hydroxyl groups excluding tert-OH is 1. The summed E-state index contributed by atoms with van der Waals surface area (Å²) in [5, 5.41) is 9.47. The van der Waals surface area contributed by atoms with Gasteiger partial charge >= 0.3 is 0 Å². The molecule has 0 aromatic heterocycles. The van der Waals surface area contributed by atoms with Gasteiger partial charge in [0.1, 0.15) is 0 Å². The van der Waals surface area contributed by atoms with Crippen LogP contribution in [0.15, 0.2) is 22.7 Å². The van der Waals surface area contributed by atoms with Crippen molar-refractivity contribution >= 4 is 11.6 Å². The van der Waals surface area contributed by atoms with Crippen molar-refractivity contribution in [1.29, 1.82) is 0 Å². The van der Waals surface area contributed by atoms with Crippen LogP contribution >= 0.6 is 0 Å². The molecule has 6 unspecified atom stereocenters. The maximum atomic E-state index is 9.47. The van der Waals surface area contributed by atoms with Gasteiger partial charge in [0.25, 0.3) is 0 Å². The van der Waals surface area contributed by atoms with Gasteiger partial charge < -0.3 is 24.1 Å². The molecule has 0 radical (unpaired) electrons. The number of hydrogen-bond acceptors (Lipinski definition) is 7. The Kier molecular flexibility index (Phi) is 2.80. The maximum Gasteiger partial charge on any atom is 0.231 e. The molecule has 7 aliphatic rings. The topological polar surface area (TPSA) is 72.8 Å². The van der Waals surface area contributed by atoms with Crippen LogP contribution in [-0.2, 0) is 10.2 Å². The van der Waals surface area contributed by atoms with E-state index in [1.54, 1.807) is 7.11 Å². The quantitative estimate of drug-likeness (QED) is 0.786. The number of aliphatic imine (C=N–C) groups is 1. The molecule has 28 heavy (non-hydrogen) atoms. The lowest BCUT2D eigenvalue weighted by atomic mass is 9.68. The van der Waals surface area contributed by atoms with Crippen LogP contribution in [0.2, 0.25) is 0 Å². The zero-order valence-corrected chi connectivity index (χ0v) is 15.7. The molecule has 1 N–H and O–H groups in total. The van der Waals surface area contributed by atoms with E-state index < -0.39 is 0 Å². The van der Waals surface area contributed by atoms with Gasteiger partial charge in [-0.25, -0.2) is 4.99 Å². The minimum absolute atomic E-state index is 0.112. The predicted molar refractivity (Wildman–Crippen MR) is 99.5 cm³/mol. The van der Waals surface area contributed by atoms with Crippen LogP contribution in [0.5, 0.6) is 17.2 Å². The minimum atomic E-state index is -0.277. The fourth-order valence-corrected chi connectivity index (χ4v) is 6.92. The highest BCUT2D eigenvalue weighted by Gasteiger charge is 2.69. The molecule has 7 heterocycles. The van der Waals surface area contributed by atoms with E-state index in [0.717, 1.165) is 42.3 Å². The standard InChI is InChI=1S/C21H22N2O5/c1-25-19-17-13(5-15-18(19)28-9-27-15)22-20-21(17)6-14-12(8-26-20)11-4-16(21)23(14)7-10(11)2-3-24/h2,5,11-12,14,16,24H,3-4,6-9H2,1H3. The molecule has 1 aromatic rings. The molecule has 0 amide bonds. The summed E-state index contributed by atoms with van der Waals surface area (Å²) in [5.41, 5.74) is 3.10. The summed E-state index contributed by atoms with van der Waals surface area (Å²) in [4.78, 5) is 7.59.